The molecule has 0 spiro atoms. The molecule has 202 valence electrons. The molecule has 0 saturated carbocycles. The number of carbonyl (C=O) groups excluding carboxylic acids is 3. The van der Waals surface area contributed by atoms with Crippen LogP contribution in [0.1, 0.15) is 48.0 Å². The van der Waals surface area contributed by atoms with Crippen LogP contribution >= 0.6 is 7.37 Å². The summed E-state index contributed by atoms with van der Waals surface area (Å²) in [5.41, 5.74) is 0.532. The van der Waals surface area contributed by atoms with E-state index in [9.17, 15) is 28.9 Å². The van der Waals surface area contributed by atoms with Crippen LogP contribution in [-0.4, -0.2) is 79.5 Å². The van der Waals surface area contributed by atoms with Crippen LogP contribution in [0.2, 0.25) is 25.7 Å². The second kappa shape index (κ2) is 13.4. The summed E-state index contributed by atoms with van der Waals surface area (Å²) in [4.78, 5) is 48.2. The number of nitrogens with zero attached hydrogens (tertiary/aromatic N) is 1. The van der Waals surface area contributed by atoms with E-state index in [-0.39, 0.29) is 30.0 Å². The molecule has 1 aromatic rings. The van der Waals surface area contributed by atoms with E-state index in [4.69, 9.17) is 9.47 Å². The molecular formula is C24H39N2O8PSi. The molecule has 0 bridgehead atoms. The topological polar surface area (TPSA) is 142 Å². The molecule has 0 aliphatic carbocycles. The third-order valence-corrected chi connectivity index (χ3v) is 9.59. The third kappa shape index (κ3) is 9.69. The molecule has 1 aliphatic rings. The number of hydrogen-bond acceptors (Lipinski definition) is 7. The number of rotatable bonds is 11. The van der Waals surface area contributed by atoms with Crippen LogP contribution in [-0.2, 0) is 18.8 Å². The zero-order chi connectivity index (χ0) is 26.9. The summed E-state index contributed by atoms with van der Waals surface area (Å²) in [7, 11) is -5.44. The first-order valence-electron chi connectivity index (χ1n) is 12.3. The monoisotopic (exact) mass is 542 g/mol. The zero-order valence-electron chi connectivity index (χ0n) is 21.6. The van der Waals surface area contributed by atoms with Gasteiger partial charge in [0, 0.05) is 38.9 Å². The Labute approximate surface area is 213 Å². The van der Waals surface area contributed by atoms with Crippen molar-refractivity contribution in [3.63, 3.8) is 0 Å². The highest BCUT2D eigenvalue weighted by Crippen LogP contribution is 2.54. The summed E-state index contributed by atoms with van der Waals surface area (Å²) < 4.78 is 22.8. The van der Waals surface area contributed by atoms with Gasteiger partial charge in [-0.3, -0.25) is 14.2 Å². The van der Waals surface area contributed by atoms with E-state index in [1.165, 1.54) is 24.3 Å². The molecule has 36 heavy (non-hydrogen) atoms. The lowest BCUT2D eigenvalue weighted by molar-refractivity contribution is -0.142. The van der Waals surface area contributed by atoms with Crippen LogP contribution in [0, 0.1) is 0 Å². The van der Waals surface area contributed by atoms with Crippen molar-refractivity contribution in [1.82, 2.24) is 10.2 Å². The lowest BCUT2D eigenvalue weighted by atomic mass is 10.0. The quantitative estimate of drug-likeness (QED) is 0.219. The maximum Gasteiger partial charge on any atom is 0.409 e. The fourth-order valence-corrected chi connectivity index (χ4v) is 5.75. The van der Waals surface area contributed by atoms with Crippen molar-refractivity contribution in [2.75, 3.05) is 32.5 Å². The highest BCUT2D eigenvalue weighted by molar-refractivity contribution is 7.58. The summed E-state index contributed by atoms with van der Waals surface area (Å²) in [5, 5.41) is 13.4. The number of ether oxygens (including phenoxy) is 2. The van der Waals surface area contributed by atoms with Crippen LogP contribution in [0.25, 0.3) is 0 Å². The van der Waals surface area contributed by atoms with Gasteiger partial charge in [-0.05, 0) is 43.5 Å². The molecule has 1 saturated heterocycles. The van der Waals surface area contributed by atoms with Gasteiger partial charge in [0.1, 0.15) is 0 Å². The van der Waals surface area contributed by atoms with Crippen LogP contribution in [0.4, 0.5) is 4.79 Å². The van der Waals surface area contributed by atoms with E-state index in [0.717, 1.165) is 6.04 Å². The van der Waals surface area contributed by atoms with Gasteiger partial charge in [0.2, 0.25) is 7.37 Å². The Morgan fingerprint density at radius 3 is 2.31 bits per heavy atom. The first-order chi connectivity index (χ1) is 16.8. The molecule has 1 aliphatic heterocycles. The van der Waals surface area contributed by atoms with Crippen molar-refractivity contribution < 1.29 is 38.4 Å². The predicted molar refractivity (Wildman–Crippen MR) is 139 cm³/mol. The Morgan fingerprint density at radius 1 is 1.14 bits per heavy atom. The molecule has 3 N–H and O–H groups in total. The lowest BCUT2D eigenvalue weighted by Crippen LogP contribution is -2.46. The number of aliphatic hydroxyl groups is 1. The Balaban J connectivity index is 1.83. The number of benzene rings is 1. The maximum absolute atomic E-state index is 12.6. The molecule has 2 amide bonds. The number of likely N-dealkylation sites (tertiary alicyclic amines) is 1. The van der Waals surface area contributed by atoms with Crippen molar-refractivity contribution in [2.24, 2.45) is 0 Å². The predicted octanol–water partition coefficient (Wildman–Crippen LogP) is 3.57. The molecule has 1 fully saturated rings. The van der Waals surface area contributed by atoms with E-state index in [0.29, 0.717) is 44.7 Å². The van der Waals surface area contributed by atoms with E-state index < -0.39 is 33.4 Å². The third-order valence-electron chi connectivity index (χ3n) is 5.96. The molecule has 2 rings (SSSR count). The molecular weight excluding hydrogens is 503 g/mol. The van der Waals surface area contributed by atoms with Gasteiger partial charge in [0.15, 0.2) is 5.85 Å². The number of piperidine rings is 1. The van der Waals surface area contributed by atoms with Gasteiger partial charge < -0.3 is 29.7 Å². The molecule has 10 nitrogen and oxygen atoms in total. The number of amides is 2. The van der Waals surface area contributed by atoms with Crippen LogP contribution in [0.15, 0.2) is 24.3 Å². The van der Waals surface area contributed by atoms with E-state index in [1.54, 1.807) is 11.8 Å². The van der Waals surface area contributed by atoms with Gasteiger partial charge in [-0.25, -0.2) is 4.79 Å². The fourth-order valence-electron chi connectivity index (χ4n) is 3.65. The molecule has 0 aromatic heterocycles. The summed E-state index contributed by atoms with van der Waals surface area (Å²) in [5.74, 6) is -2.54. The van der Waals surface area contributed by atoms with Crippen molar-refractivity contribution in [3.05, 3.63) is 35.4 Å². The zero-order valence-corrected chi connectivity index (χ0v) is 23.5. The van der Waals surface area contributed by atoms with E-state index >= 15 is 0 Å². The minimum absolute atomic E-state index is 0.0865. The smallest absolute Gasteiger partial charge is 0.409 e. The second-order valence-electron chi connectivity index (χ2n) is 10.2. The minimum atomic E-state index is -4.09. The Morgan fingerprint density at radius 2 is 1.75 bits per heavy atom. The normalized spacial score (nSPS) is 17.1. The van der Waals surface area contributed by atoms with Crippen molar-refractivity contribution in [2.45, 2.75) is 63.8 Å². The highest BCUT2D eigenvalue weighted by atomic mass is 31.2. The molecule has 1 aromatic carbocycles. The van der Waals surface area contributed by atoms with Gasteiger partial charge >= 0.3 is 12.1 Å². The summed E-state index contributed by atoms with van der Waals surface area (Å²) in [6.45, 7) is 9.82. The van der Waals surface area contributed by atoms with Crippen molar-refractivity contribution >= 4 is 33.4 Å². The maximum atomic E-state index is 12.6. The number of hydrogen-bond donors (Lipinski definition) is 3. The second-order valence-corrected chi connectivity index (χ2v) is 18.3. The SMILES string of the molecule is CCOC(=O)N1CCC(NC(=O)c2ccc(C(O)P(=O)(O)CCC(=O)OCC[Si](C)(C)C)cc2)CC1. The molecule has 0 radical (unpaired) electrons. The number of nitrogens with one attached hydrogen (secondary N) is 1. The van der Waals surface area contributed by atoms with E-state index in [2.05, 4.69) is 25.0 Å². The highest BCUT2D eigenvalue weighted by Gasteiger charge is 2.32. The standard InChI is InChI=1S/C24H39N2O8PSi/c1-5-33-24(30)26-13-10-20(11-14-26)25-22(28)18-6-8-19(9-7-18)23(29)35(31,32)16-12-21(27)34-15-17-36(2,3)4/h6-9,20,23,29H,5,10-17H2,1-4H3,(H,25,28)(H,31,32). The van der Waals surface area contributed by atoms with Gasteiger partial charge in [-0.15, -0.1) is 0 Å². The molecule has 2 unspecified atom stereocenters. The minimum Gasteiger partial charge on any atom is -0.466 e. The summed E-state index contributed by atoms with van der Waals surface area (Å²) in [6.07, 6.45) is 0.209. The molecule has 2 atom stereocenters. The molecule has 1 heterocycles. The molecule has 12 heteroatoms. The van der Waals surface area contributed by atoms with Crippen LogP contribution in [0.3, 0.4) is 0 Å². The van der Waals surface area contributed by atoms with Crippen molar-refractivity contribution in [1.29, 1.82) is 0 Å². The van der Waals surface area contributed by atoms with Gasteiger partial charge in [-0.1, -0.05) is 31.8 Å². The first-order valence-corrected chi connectivity index (χ1v) is 17.9. The van der Waals surface area contributed by atoms with E-state index in [1.807, 2.05) is 0 Å². The number of aliphatic hydroxyl groups excluding tert-OH is 1. The lowest BCUT2D eigenvalue weighted by Gasteiger charge is -2.31. The average molecular weight is 543 g/mol. The van der Waals surface area contributed by atoms with Gasteiger partial charge in [-0.2, -0.15) is 0 Å². The van der Waals surface area contributed by atoms with Crippen molar-refractivity contribution in [3.8, 4) is 0 Å². The van der Waals surface area contributed by atoms with Crippen LogP contribution in [0.5, 0.6) is 0 Å². The fraction of sp³-hybridized carbons (Fsp3) is 0.625. The number of esters is 1. The number of carbonyl (C=O) groups is 3. The Hall–Kier alpha value is -2.20. The van der Waals surface area contributed by atoms with Gasteiger partial charge in [0.05, 0.1) is 19.6 Å². The van der Waals surface area contributed by atoms with Gasteiger partial charge in [0.25, 0.3) is 5.91 Å². The summed E-state index contributed by atoms with van der Waals surface area (Å²) in [6, 6.07) is 6.54. The Bertz CT molecular complexity index is 942. The summed E-state index contributed by atoms with van der Waals surface area (Å²) >= 11 is 0. The first kappa shape index (κ1) is 30.0. The average Bonchev–Trinajstić information content (AvgIpc) is 2.82. The Kier molecular flexibility index (Phi) is 11.2. The van der Waals surface area contributed by atoms with Crippen LogP contribution < -0.4 is 5.32 Å². The largest absolute Gasteiger partial charge is 0.466 e.